The van der Waals surface area contributed by atoms with E-state index in [1.165, 1.54) is 13.1 Å². The number of nitrogens with zero attached hydrogens (tertiary/aromatic N) is 1. The number of amides is 1. The summed E-state index contributed by atoms with van der Waals surface area (Å²) < 4.78 is 5.67. The molecule has 0 saturated carbocycles. The number of hydrogen-bond acceptors (Lipinski definition) is 4. The third-order valence-corrected chi connectivity index (χ3v) is 2.38. The molecule has 0 aliphatic heterocycles. The Morgan fingerprint density at radius 2 is 2.24 bits per heavy atom. The third kappa shape index (κ3) is 4.14. The van der Waals surface area contributed by atoms with Crippen molar-refractivity contribution in [3.8, 4) is 0 Å². The minimum absolute atomic E-state index is 0.301. The smallest absolute Gasteiger partial charge is 0.340 e. The van der Waals surface area contributed by atoms with Gasteiger partial charge in [-0.2, -0.15) is 0 Å². The van der Waals surface area contributed by atoms with Crippen LogP contribution in [0.15, 0.2) is 22.9 Å². The van der Waals surface area contributed by atoms with E-state index in [-0.39, 0.29) is 5.91 Å². The summed E-state index contributed by atoms with van der Waals surface area (Å²) in [5.41, 5.74) is 0.301. The maximum absolute atomic E-state index is 11.7. The highest BCUT2D eigenvalue weighted by molar-refractivity contribution is 9.10. The average Bonchev–Trinajstić information content (AvgIpc) is 2.29. The fourth-order valence-corrected chi connectivity index (χ4v) is 1.49. The number of pyridine rings is 1. The molecular weight excluding hydrogens is 288 g/mol. The molecule has 1 aromatic rings. The van der Waals surface area contributed by atoms with E-state index < -0.39 is 12.1 Å². The van der Waals surface area contributed by atoms with Gasteiger partial charge in [-0.1, -0.05) is 0 Å². The molecule has 1 aromatic heterocycles. The maximum Gasteiger partial charge on any atom is 0.340 e. The van der Waals surface area contributed by atoms with Gasteiger partial charge >= 0.3 is 5.97 Å². The minimum Gasteiger partial charge on any atom is -0.449 e. The van der Waals surface area contributed by atoms with Gasteiger partial charge in [-0.15, -0.1) is 0 Å². The predicted octanol–water partition coefficient (Wildman–Crippen LogP) is 1.53. The summed E-state index contributed by atoms with van der Waals surface area (Å²) in [6.07, 6.45) is 2.13. The van der Waals surface area contributed by atoms with Crippen molar-refractivity contribution in [1.29, 1.82) is 0 Å². The zero-order chi connectivity index (χ0) is 12.8. The maximum atomic E-state index is 11.7. The van der Waals surface area contributed by atoms with E-state index in [1.54, 1.807) is 19.2 Å². The summed E-state index contributed by atoms with van der Waals surface area (Å²) in [7, 11) is 0. The molecule has 0 aromatic carbocycles. The molecular formula is C11H13BrN2O3. The summed E-state index contributed by atoms with van der Waals surface area (Å²) in [5.74, 6) is -0.888. The molecule has 5 nitrogen and oxygen atoms in total. The number of halogens is 1. The van der Waals surface area contributed by atoms with Gasteiger partial charge in [-0.05, 0) is 35.8 Å². The van der Waals surface area contributed by atoms with Gasteiger partial charge in [0.25, 0.3) is 5.91 Å². The number of carbonyl (C=O) groups excluding carboxylic acids is 2. The Hall–Kier alpha value is -1.43. The van der Waals surface area contributed by atoms with E-state index >= 15 is 0 Å². The number of rotatable bonds is 4. The summed E-state index contributed by atoms with van der Waals surface area (Å²) in [6, 6.07) is 1.58. The number of aromatic nitrogens is 1. The average molecular weight is 301 g/mol. The van der Waals surface area contributed by atoms with E-state index in [2.05, 4.69) is 26.2 Å². The fraction of sp³-hybridized carbons (Fsp3) is 0.364. The SMILES string of the molecule is CCNC(=O)[C@H](C)OC(=O)c1cncc(Br)c1. The van der Waals surface area contributed by atoms with E-state index in [1.807, 2.05) is 0 Å². The second kappa shape index (κ2) is 6.34. The van der Waals surface area contributed by atoms with E-state index in [0.717, 1.165) is 0 Å². The molecule has 17 heavy (non-hydrogen) atoms. The van der Waals surface area contributed by atoms with Gasteiger partial charge in [-0.25, -0.2) is 4.79 Å². The van der Waals surface area contributed by atoms with Crippen LogP contribution in [0.25, 0.3) is 0 Å². The van der Waals surface area contributed by atoms with Crippen molar-refractivity contribution >= 4 is 27.8 Å². The van der Waals surface area contributed by atoms with Crippen molar-refractivity contribution in [2.24, 2.45) is 0 Å². The number of likely N-dealkylation sites (N-methyl/N-ethyl adjacent to an activating group) is 1. The van der Waals surface area contributed by atoms with E-state index in [9.17, 15) is 9.59 Å². The van der Waals surface area contributed by atoms with Crippen LogP contribution >= 0.6 is 15.9 Å². The van der Waals surface area contributed by atoms with Crippen LogP contribution in [0, 0.1) is 0 Å². The second-order valence-corrected chi connectivity index (χ2v) is 4.25. The zero-order valence-corrected chi connectivity index (χ0v) is 11.2. The van der Waals surface area contributed by atoms with Crippen molar-refractivity contribution in [3.05, 3.63) is 28.5 Å². The Morgan fingerprint density at radius 3 is 2.82 bits per heavy atom. The lowest BCUT2D eigenvalue weighted by Gasteiger charge is -2.12. The van der Waals surface area contributed by atoms with Crippen molar-refractivity contribution in [2.45, 2.75) is 20.0 Å². The molecule has 1 N–H and O–H groups in total. The highest BCUT2D eigenvalue weighted by atomic mass is 79.9. The number of ether oxygens (including phenoxy) is 1. The highest BCUT2D eigenvalue weighted by Crippen LogP contribution is 2.11. The van der Waals surface area contributed by atoms with Gasteiger partial charge in [-0.3, -0.25) is 9.78 Å². The first-order valence-corrected chi connectivity index (χ1v) is 5.93. The molecule has 0 aliphatic carbocycles. The van der Waals surface area contributed by atoms with Crippen LogP contribution in [0.4, 0.5) is 0 Å². The van der Waals surface area contributed by atoms with Gasteiger partial charge in [0.2, 0.25) is 0 Å². The molecule has 0 spiro atoms. The third-order valence-electron chi connectivity index (χ3n) is 1.94. The van der Waals surface area contributed by atoms with Crippen molar-refractivity contribution in [1.82, 2.24) is 10.3 Å². The summed E-state index contributed by atoms with van der Waals surface area (Å²) in [5, 5.41) is 2.57. The Labute approximate surface area is 108 Å². The largest absolute Gasteiger partial charge is 0.449 e. The number of nitrogens with one attached hydrogen (secondary N) is 1. The van der Waals surface area contributed by atoms with Gasteiger partial charge in [0.05, 0.1) is 5.56 Å². The molecule has 1 amide bonds. The first-order valence-electron chi connectivity index (χ1n) is 5.13. The van der Waals surface area contributed by atoms with Crippen molar-refractivity contribution in [3.63, 3.8) is 0 Å². The van der Waals surface area contributed by atoms with Crippen LogP contribution in [0.2, 0.25) is 0 Å². The summed E-state index contributed by atoms with van der Waals surface area (Å²) in [6.45, 7) is 3.82. The van der Waals surface area contributed by atoms with Gasteiger partial charge in [0.15, 0.2) is 6.10 Å². The lowest BCUT2D eigenvalue weighted by atomic mass is 10.3. The van der Waals surface area contributed by atoms with E-state index in [0.29, 0.717) is 16.6 Å². The standard InChI is InChI=1S/C11H13BrN2O3/c1-3-14-10(15)7(2)17-11(16)8-4-9(12)6-13-5-8/h4-7H,3H2,1-2H3,(H,14,15)/t7-/m0/s1. The molecule has 0 saturated heterocycles. The Kier molecular flexibility index (Phi) is 5.09. The molecule has 0 aliphatic rings. The van der Waals surface area contributed by atoms with Crippen LogP contribution in [0.5, 0.6) is 0 Å². The quantitative estimate of drug-likeness (QED) is 0.856. The monoisotopic (exact) mass is 300 g/mol. The van der Waals surface area contributed by atoms with Crippen LogP contribution in [0.3, 0.4) is 0 Å². The lowest BCUT2D eigenvalue weighted by molar-refractivity contribution is -0.128. The molecule has 92 valence electrons. The van der Waals surface area contributed by atoms with Crippen molar-refractivity contribution < 1.29 is 14.3 Å². The summed E-state index contributed by atoms with van der Waals surface area (Å²) >= 11 is 3.20. The van der Waals surface area contributed by atoms with Gasteiger partial charge in [0.1, 0.15) is 0 Å². The first kappa shape index (κ1) is 13.6. The fourth-order valence-electron chi connectivity index (χ4n) is 1.12. The van der Waals surface area contributed by atoms with Gasteiger partial charge < -0.3 is 10.1 Å². The van der Waals surface area contributed by atoms with Crippen LogP contribution < -0.4 is 5.32 Å². The molecule has 1 rings (SSSR count). The Bertz CT molecular complexity index is 423. The second-order valence-electron chi connectivity index (χ2n) is 3.33. The molecule has 6 heteroatoms. The first-order chi connectivity index (χ1) is 8.04. The highest BCUT2D eigenvalue weighted by Gasteiger charge is 2.18. The Morgan fingerprint density at radius 1 is 1.53 bits per heavy atom. The lowest BCUT2D eigenvalue weighted by Crippen LogP contribution is -2.35. The van der Waals surface area contributed by atoms with Crippen LogP contribution in [0.1, 0.15) is 24.2 Å². The topological polar surface area (TPSA) is 68.3 Å². The minimum atomic E-state index is -0.818. The molecule has 0 unspecified atom stereocenters. The molecule has 0 radical (unpaired) electrons. The van der Waals surface area contributed by atoms with Crippen LogP contribution in [-0.4, -0.2) is 29.5 Å². The van der Waals surface area contributed by atoms with E-state index in [4.69, 9.17) is 4.74 Å². The zero-order valence-electron chi connectivity index (χ0n) is 9.57. The molecule has 0 fully saturated rings. The molecule has 1 heterocycles. The van der Waals surface area contributed by atoms with Gasteiger partial charge in [0, 0.05) is 23.4 Å². The summed E-state index contributed by atoms with van der Waals surface area (Å²) in [4.78, 5) is 26.9. The normalized spacial score (nSPS) is 11.7. The number of carbonyl (C=O) groups is 2. The van der Waals surface area contributed by atoms with Crippen LogP contribution in [-0.2, 0) is 9.53 Å². The molecule has 0 bridgehead atoms. The van der Waals surface area contributed by atoms with Crippen molar-refractivity contribution in [2.75, 3.05) is 6.54 Å². The molecule has 1 atom stereocenters. The number of hydrogen-bond donors (Lipinski definition) is 1. The number of esters is 1. The Balaban J connectivity index is 2.63. The predicted molar refractivity (Wildman–Crippen MR) is 65.5 cm³/mol.